The number of hydrogen-bond donors (Lipinski definition) is 3. The first kappa shape index (κ1) is 16.7. The number of nitrogens with zero attached hydrogens (tertiary/aromatic N) is 1. The molecule has 3 aromatic rings. The molecule has 1 aromatic heterocycles. The van der Waals surface area contributed by atoms with Gasteiger partial charge < -0.3 is 20.3 Å². The molecule has 2 aromatic carbocycles. The van der Waals surface area contributed by atoms with Gasteiger partial charge in [0.15, 0.2) is 0 Å². The Morgan fingerprint density at radius 2 is 1.84 bits per heavy atom. The number of amides is 2. The highest BCUT2D eigenvalue weighted by Crippen LogP contribution is 2.19. The SMILES string of the molecule is Cn1ccc2ccc(NC(=O)C(=O)NC(CO)c3ccccc3)cc21. The molecule has 0 saturated heterocycles. The highest BCUT2D eigenvalue weighted by Gasteiger charge is 2.19. The average Bonchev–Trinajstić information content (AvgIpc) is 3.00. The largest absolute Gasteiger partial charge is 0.394 e. The van der Waals surface area contributed by atoms with E-state index < -0.39 is 17.9 Å². The summed E-state index contributed by atoms with van der Waals surface area (Å²) >= 11 is 0. The van der Waals surface area contributed by atoms with E-state index in [1.807, 2.05) is 36.0 Å². The Morgan fingerprint density at radius 1 is 1.08 bits per heavy atom. The number of aryl methyl sites for hydroxylation is 1. The van der Waals surface area contributed by atoms with Gasteiger partial charge in [0.05, 0.1) is 12.6 Å². The van der Waals surface area contributed by atoms with E-state index in [4.69, 9.17) is 0 Å². The summed E-state index contributed by atoms with van der Waals surface area (Å²) in [6.45, 7) is -0.293. The lowest BCUT2D eigenvalue weighted by atomic mass is 10.1. The number of carbonyl (C=O) groups excluding carboxylic acids is 2. The lowest BCUT2D eigenvalue weighted by molar-refractivity contribution is -0.136. The number of aliphatic hydroxyl groups is 1. The third-order valence-corrected chi connectivity index (χ3v) is 4.04. The molecule has 25 heavy (non-hydrogen) atoms. The first-order valence-electron chi connectivity index (χ1n) is 7.91. The molecule has 0 fully saturated rings. The molecule has 1 atom stereocenters. The zero-order valence-electron chi connectivity index (χ0n) is 13.8. The highest BCUT2D eigenvalue weighted by atomic mass is 16.3. The third-order valence-electron chi connectivity index (χ3n) is 4.04. The molecule has 1 unspecified atom stereocenters. The second-order valence-corrected chi connectivity index (χ2v) is 5.77. The maximum atomic E-state index is 12.1. The summed E-state index contributed by atoms with van der Waals surface area (Å²) in [5.41, 5.74) is 2.22. The number of aliphatic hydroxyl groups excluding tert-OH is 1. The van der Waals surface area contributed by atoms with E-state index in [0.29, 0.717) is 5.69 Å². The van der Waals surface area contributed by atoms with E-state index in [9.17, 15) is 14.7 Å². The van der Waals surface area contributed by atoms with Gasteiger partial charge in [-0.15, -0.1) is 0 Å². The van der Waals surface area contributed by atoms with E-state index in [0.717, 1.165) is 16.5 Å². The van der Waals surface area contributed by atoms with Crippen LogP contribution in [0.4, 0.5) is 5.69 Å². The van der Waals surface area contributed by atoms with Crippen LogP contribution in [-0.2, 0) is 16.6 Å². The van der Waals surface area contributed by atoms with Crippen molar-refractivity contribution in [3.8, 4) is 0 Å². The van der Waals surface area contributed by atoms with E-state index in [1.54, 1.807) is 36.4 Å². The molecule has 3 N–H and O–H groups in total. The van der Waals surface area contributed by atoms with Crippen molar-refractivity contribution in [1.82, 2.24) is 9.88 Å². The van der Waals surface area contributed by atoms with Crippen LogP contribution >= 0.6 is 0 Å². The maximum absolute atomic E-state index is 12.1. The molecule has 1 heterocycles. The van der Waals surface area contributed by atoms with Gasteiger partial charge in [-0.05, 0) is 29.1 Å². The van der Waals surface area contributed by atoms with Crippen molar-refractivity contribution in [2.75, 3.05) is 11.9 Å². The number of benzene rings is 2. The zero-order chi connectivity index (χ0) is 17.8. The molecule has 0 spiro atoms. The standard InChI is InChI=1S/C19H19N3O3/c1-22-10-9-14-7-8-15(11-17(14)22)20-18(24)19(25)21-16(12-23)13-5-3-2-4-6-13/h2-11,16,23H,12H2,1H3,(H,20,24)(H,21,25). The van der Waals surface area contributed by atoms with Crippen molar-refractivity contribution in [1.29, 1.82) is 0 Å². The van der Waals surface area contributed by atoms with Crippen molar-refractivity contribution in [3.05, 3.63) is 66.4 Å². The van der Waals surface area contributed by atoms with Gasteiger partial charge in [-0.2, -0.15) is 0 Å². The zero-order valence-corrected chi connectivity index (χ0v) is 13.8. The fraction of sp³-hybridized carbons (Fsp3) is 0.158. The Hall–Kier alpha value is -3.12. The average molecular weight is 337 g/mol. The van der Waals surface area contributed by atoms with E-state index >= 15 is 0 Å². The molecule has 0 bridgehead atoms. The van der Waals surface area contributed by atoms with Crippen LogP contribution in [0.1, 0.15) is 11.6 Å². The molecule has 6 nitrogen and oxygen atoms in total. The van der Waals surface area contributed by atoms with Crippen molar-refractivity contribution >= 4 is 28.4 Å². The molecule has 0 aliphatic rings. The molecule has 0 radical (unpaired) electrons. The predicted octanol–water partition coefficient (Wildman–Crippen LogP) is 1.97. The second kappa shape index (κ2) is 7.19. The van der Waals surface area contributed by atoms with Crippen molar-refractivity contribution in [2.45, 2.75) is 6.04 Å². The first-order chi connectivity index (χ1) is 12.1. The number of carbonyl (C=O) groups is 2. The number of hydrogen-bond acceptors (Lipinski definition) is 3. The van der Waals surface area contributed by atoms with Crippen LogP contribution in [0.15, 0.2) is 60.8 Å². The van der Waals surface area contributed by atoms with Crippen LogP contribution in [0.3, 0.4) is 0 Å². The number of nitrogens with one attached hydrogen (secondary N) is 2. The monoisotopic (exact) mass is 337 g/mol. The van der Waals surface area contributed by atoms with Gasteiger partial charge in [0.2, 0.25) is 0 Å². The fourth-order valence-electron chi connectivity index (χ4n) is 2.67. The van der Waals surface area contributed by atoms with Crippen LogP contribution in [0, 0.1) is 0 Å². The lowest BCUT2D eigenvalue weighted by Crippen LogP contribution is -2.39. The van der Waals surface area contributed by atoms with Crippen LogP contribution in [0.5, 0.6) is 0 Å². The second-order valence-electron chi connectivity index (χ2n) is 5.77. The summed E-state index contributed by atoms with van der Waals surface area (Å²) in [7, 11) is 1.91. The summed E-state index contributed by atoms with van der Waals surface area (Å²) in [5.74, 6) is -1.57. The summed E-state index contributed by atoms with van der Waals surface area (Å²) in [6, 6.07) is 15.8. The number of rotatable bonds is 4. The minimum atomic E-state index is -0.796. The molecular formula is C19H19N3O3. The molecular weight excluding hydrogens is 318 g/mol. The van der Waals surface area contributed by atoms with Gasteiger partial charge in [-0.1, -0.05) is 36.4 Å². The van der Waals surface area contributed by atoms with Crippen LogP contribution < -0.4 is 10.6 Å². The normalized spacial score (nSPS) is 11.9. The topological polar surface area (TPSA) is 83.4 Å². The van der Waals surface area contributed by atoms with Gasteiger partial charge in [0.1, 0.15) is 0 Å². The Balaban J connectivity index is 1.69. The summed E-state index contributed by atoms with van der Waals surface area (Å²) in [5, 5.41) is 15.7. The van der Waals surface area contributed by atoms with Crippen LogP contribution in [0.25, 0.3) is 10.9 Å². The number of aromatic nitrogens is 1. The van der Waals surface area contributed by atoms with Crippen molar-refractivity contribution in [2.24, 2.45) is 7.05 Å². The fourth-order valence-corrected chi connectivity index (χ4v) is 2.67. The predicted molar refractivity (Wildman–Crippen MR) is 96.0 cm³/mol. The molecule has 2 amide bonds. The van der Waals surface area contributed by atoms with Crippen molar-refractivity contribution in [3.63, 3.8) is 0 Å². The molecule has 0 aliphatic carbocycles. The van der Waals surface area contributed by atoms with E-state index in [1.165, 1.54) is 0 Å². The minimum absolute atomic E-state index is 0.293. The van der Waals surface area contributed by atoms with E-state index in [-0.39, 0.29) is 6.61 Å². The summed E-state index contributed by atoms with van der Waals surface area (Å²) in [6.07, 6.45) is 1.93. The number of anilines is 1. The first-order valence-corrected chi connectivity index (χ1v) is 7.91. The third kappa shape index (κ3) is 3.70. The van der Waals surface area contributed by atoms with Gasteiger partial charge in [0, 0.05) is 24.4 Å². The van der Waals surface area contributed by atoms with Crippen LogP contribution in [-0.4, -0.2) is 28.1 Å². The van der Waals surface area contributed by atoms with Gasteiger partial charge in [0.25, 0.3) is 0 Å². The molecule has 128 valence electrons. The Bertz CT molecular complexity index is 903. The Labute approximate surface area is 145 Å². The van der Waals surface area contributed by atoms with Gasteiger partial charge in [-0.3, -0.25) is 9.59 Å². The smallest absolute Gasteiger partial charge is 0.313 e. The molecule has 6 heteroatoms. The van der Waals surface area contributed by atoms with Gasteiger partial charge >= 0.3 is 11.8 Å². The summed E-state index contributed by atoms with van der Waals surface area (Å²) < 4.78 is 1.93. The minimum Gasteiger partial charge on any atom is -0.394 e. The maximum Gasteiger partial charge on any atom is 0.313 e. The molecule has 0 aliphatic heterocycles. The summed E-state index contributed by atoms with van der Waals surface area (Å²) in [4.78, 5) is 24.3. The Morgan fingerprint density at radius 3 is 2.56 bits per heavy atom. The number of fused-ring (bicyclic) bond motifs is 1. The van der Waals surface area contributed by atoms with Crippen molar-refractivity contribution < 1.29 is 14.7 Å². The quantitative estimate of drug-likeness (QED) is 0.637. The lowest BCUT2D eigenvalue weighted by Gasteiger charge is -2.16. The van der Waals surface area contributed by atoms with Gasteiger partial charge in [-0.25, -0.2) is 0 Å². The molecule has 0 saturated carbocycles. The van der Waals surface area contributed by atoms with E-state index in [2.05, 4.69) is 10.6 Å². The highest BCUT2D eigenvalue weighted by molar-refractivity contribution is 6.39. The Kier molecular flexibility index (Phi) is 4.81. The van der Waals surface area contributed by atoms with Crippen LogP contribution in [0.2, 0.25) is 0 Å². The molecule has 3 rings (SSSR count).